The zero-order valence-corrected chi connectivity index (χ0v) is 22.6. The maximum Gasteiger partial charge on any atom is 0.147 e. The van der Waals surface area contributed by atoms with Crippen LogP contribution in [0.15, 0.2) is 58.7 Å². The molecule has 2 saturated heterocycles. The first-order valence-corrected chi connectivity index (χ1v) is 13.9. The highest BCUT2D eigenvalue weighted by molar-refractivity contribution is 7.99. The Morgan fingerprint density at radius 3 is 2.78 bits per heavy atom. The van der Waals surface area contributed by atoms with Gasteiger partial charge in [-0.05, 0) is 61.4 Å². The molecule has 7 nitrogen and oxygen atoms in total. The van der Waals surface area contributed by atoms with Crippen LogP contribution in [-0.2, 0) is 11.2 Å². The quantitative estimate of drug-likeness (QED) is 0.317. The van der Waals surface area contributed by atoms with Gasteiger partial charge in [-0.1, -0.05) is 35.5 Å². The molecule has 0 amide bonds. The Morgan fingerprint density at radius 2 is 2.05 bits per heavy atom. The van der Waals surface area contributed by atoms with Gasteiger partial charge in [-0.3, -0.25) is 0 Å². The van der Waals surface area contributed by atoms with Crippen LogP contribution in [0.2, 0.25) is 5.02 Å². The van der Waals surface area contributed by atoms with Crippen LogP contribution in [0.3, 0.4) is 0 Å². The minimum Gasteiger partial charge on any atom is -0.497 e. The third-order valence-electron chi connectivity index (χ3n) is 7.48. The van der Waals surface area contributed by atoms with E-state index in [0.29, 0.717) is 23.0 Å². The molecule has 1 spiro atoms. The van der Waals surface area contributed by atoms with Gasteiger partial charge >= 0.3 is 0 Å². The van der Waals surface area contributed by atoms with Crippen molar-refractivity contribution in [1.82, 2.24) is 19.9 Å². The summed E-state index contributed by atoms with van der Waals surface area (Å²) in [6, 6.07) is 12.0. The van der Waals surface area contributed by atoms with Gasteiger partial charge in [0.05, 0.1) is 42.8 Å². The molecule has 2 aromatic heterocycles. The lowest BCUT2D eigenvalue weighted by Crippen LogP contribution is -2.41. The van der Waals surface area contributed by atoms with E-state index < -0.39 is 0 Å². The third-order valence-corrected chi connectivity index (χ3v) is 8.96. The van der Waals surface area contributed by atoms with Crippen LogP contribution in [0.1, 0.15) is 37.6 Å². The second kappa shape index (κ2) is 10.2. The average molecular weight is 536 g/mol. The van der Waals surface area contributed by atoms with E-state index in [1.165, 1.54) is 18.2 Å². The van der Waals surface area contributed by atoms with Crippen LogP contribution in [0.4, 0.5) is 5.82 Å². The van der Waals surface area contributed by atoms with Crippen molar-refractivity contribution in [3.63, 3.8) is 0 Å². The Balaban J connectivity index is 1.13. The zero-order valence-electron chi connectivity index (χ0n) is 21.0. The highest BCUT2D eigenvalue weighted by Gasteiger charge is 2.41. The summed E-state index contributed by atoms with van der Waals surface area (Å²) in [5.41, 5.74) is 3.16. The summed E-state index contributed by atoms with van der Waals surface area (Å²) in [6.07, 6.45) is 8.23. The Kier molecular flexibility index (Phi) is 6.73. The normalized spacial score (nSPS) is 19.1. The molecule has 0 aliphatic carbocycles. The first-order chi connectivity index (χ1) is 18.0. The van der Waals surface area contributed by atoms with Crippen molar-refractivity contribution >= 4 is 40.2 Å². The number of nitrogens with zero attached hydrogens (tertiary/aromatic N) is 4. The topological polar surface area (TPSA) is 76.2 Å². The monoisotopic (exact) mass is 535 g/mol. The second-order valence-corrected chi connectivity index (χ2v) is 11.6. The van der Waals surface area contributed by atoms with Crippen molar-refractivity contribution in [1.29, 1.82) is 0 Å². The molecule has 2 aliphatic heterocycles. The van der Waals surface area contributed by atoms with Gasteiger partial charge in [-0.15, -0.1) is 0 Å². The summed E-state index contributed by atoms with van der Waals surface area (Å²) in [5, 5.41) is 1.43. The van der Waals surface area contributed by atoms with Gasteiger partial charge in [0.15, 0.2) is 0 Å². The molecule has 9 heteroatoms. The van der Waals surface area contributed by atoms with Crippen LogP contribution in [0.5, 0.6) is 5.75 Å². The summed E-state index contributed by atoms with van der Waals surface area (Å²) in [6.45, 7) is 5.07. The molecule has 0 bridgehead atoms. The van der Waals surface area contributed by atoms with Crippen LogP contribution < -0.4 is 9.64 Å². The van der Waals surface area contributed by atoms with E-state index in [0.717, 1.165) is 76.4 Å². The first kappa shape index (κ1) is 24.5. The minimum atomic E-state index is 0.356. The van der Waals surface area contributed by atoms with Crippen molar-refractivity contribution in [2.45, 2.75) is 48.6 Å². The maximum absolute atomic E-state index is 6.79. The van der Waals surface area contributed by atoms with Crippen molar-refractivity contribution < 1.29 is 9.47 Å². The minimum absolute atomic E-state index is 0.356. The highest BCUT2D eigenvalue weighted by Crippen LogP contribution is 2.42. The number of halogens is 1. The smallest absolute Gasteiger partial charge is 0.147 e. The van der Waals surface area contributed by atoms with Crippen molar-refractivity contribution in [3.8, 4) is 5.75 Å². The number of fused-ring (bicyclic) bond motifs is 1. The SMILES string of the molecule is COc1cccc(Cc2nc3c(Cl)c(Sc4cnc(N5CCC6(CC5)CO[C@@H](C)C6)cn4)ccc3[nH]2)c1. The molecule has 192 valence electrons. The fourth-order valence-electron chi connectivity index (χ4n) is 5.46. The molecule has 4 heterocycles. The second-order valence-electron chi connectivity index (χ2n) is 10.1. The summed E-state index contributed by atoms with van der Waals surface area (Å²) >= 11 is 8.30. The molecule has 0 radical (unpaired) electrons. The number of aromatic amines is 1. The fourth-order valence-corrected chi connectivity index (χ4v) is 6.54. The Labute approximate surface area is 226 Å². The molecule has 37 heavy (non-hydrogen) atoms. The molecule has 4 aromatic rings. The standard InChI is InChI=1S/C28H30ClN5O2S/c1-18-14-28(17-36-18)8-10-34(11-9-28)24-15-31-25(16-30-24)37-22-7-6-21-27(26(22)29)33-23(32-21)13-19-4-3-5-20(12-19)35-2/h3-7,12,15-16,18H,8-11,13-14,17H2,1-2H3,(H,32,33)/t18-/m0/s1. The Bertz CT molecular complexity index is 1400. The molecule has 1 atom stereocenters. The number of nitrogens with one attached hydrogen (secondary N) is 1. The number of ether oxygens (including phenoxy) is 2. The van der Waals surface area contributed by atoms with E-state index in [1.807, 2.05) is 42.7 Å². The highest BCUT2D eigenvalue weighted by atomic mass is 35.5. The first-order valence-electron chi connectivity index (χ1n) is 12.7. The molecule has 2 fully saturated rings. The fraction of sp³-hybridized carbons (Fsp3) is 0.393. The molecular weight excluding hydrogens is 506 g/mol. The van der Waals surface area contributed by atoms with E-state index in [2.05, 4.69) is 27.9 Å². The van der Waals surface area contributed by atoms with Crippen molar-refractivity contribution in [2.24, 2.45) is 5.41 Å². The maximum atomic E-state index is 6.79. The number of hydrogen-bond acceptors (Lipinski definition) is 7. The number of anilines is 1. The zero-order chi connectivity index (χ0) is 25.4. The predicted octanol–water partition coefficient (Wildman–Crippen LogP) is 6.15. The lowest BCUT2D eigenvalue weighted by molar-refractivity contribution is 0.0976. The molecule has 2 aliphatic rings. The number of benzene rings is 2. The molecule has 0 saturated carbocycles. The molecular formula is C28H30ClN5O2S. The molecule has 6 rings (SSSR count). The van der Waals surface area contributed by atoms with Crippen LogP contribution in [-0.4, -0.2) is 52.8 Å². The molecule has 1 N–H and O–H groups in total. The van der Waals surface area contributed by atoms with E-state index in [9.17, 15) is 0 Å². The van der Waals surface area contributed by atoms with Gasteiger partial charge in [0.2, 0.25) is 0 Å². The summed E-state index contributed by atoms with van der Waals surface area (Å²) in [7, 11) is 1.67. The third kappa shape index (κ3) is 5.15. The summed E-state index contributed by atoms with van der Waals surface area (Å²) < 4.78 is 11.2. The van der Waals surface area contributed by atoms with E-state index in [-0.39, 0.29) is 0 Å². The van der Waals surface area contributed by atoms with E-state index >= 15 is 0 Å². The lowest BCUT2D eigenvalue weighted by atomic mass is 9.77. The van der Waals surface area contributed by atoms with Crippen molar-refractivity contribution in [2.75, 3.05) is 31.7 Å². The molecule has 0 unspecified atom stereocenters. The van der Waals surface area contributed by atoms with E-state index in [4.69, 9.17) is 31.0 Å². The number of methoxy groups -OCH3 is 1. The van der Waals surface area contributed by atoms with Gasteiger partial charge < -0.3 is 19.4 Å². The Hall–Kier alpha value is -2.81. The Morgan fingerprint density at radius 1 is 1.19 bits per heavy atom. The van der Waals surface area contributed by atoms with Crippen LogP contribution in [0, 0.1) is 5.41 Å². The van der Waals surface area contributed by atoms with Gasteiger partial charge in [-0.2, -0.15) is 0 Å². The number of H-pyrrole nitrogens is 1. The lowest BCUT2D eigenvalue weighted by Gasteiger charge is -2.38. The van der Waals surface area contributed by atoms with Gasteiger partial charge in [0, 0.05) is 24.4 Å². The predicted molar refractivity (Wildman–Crippen MR) is 147 cm³/mol. The van der Waals surface area contributed by atoms with Gasteiger partial charge in [0.1, 0.15) is 27.9 Å². The van der Waals surface area contributed by atoms with Gasteiger partial charge in [0.25, 0.3) is 0 Å². The van der Waals surface area contributed by atoms with Crippen LogP contribution in [0.25, 0.3) is 11.0 Å². The van der Waals surface area contributed by atoms with Crippen molar-refractivity contribution in [3.05, 3.63) is 65.2 Å². The van der Waals surface area contributed by atoms with Crippen LogP contribution >= 0.6 is 23.4 Å². The number of rotatable bonds is 6. The van der Waals surface area contributed by atoms with Gasteiger partial charge in [-0.25, -0.2) is 15.0 Å². The summed E-state index contributed by atoms with van der Waals surface area (Å²) in [4.78, 5) is 20.8. The largest absolute Gasteiger partial charge is 0.497 e. The average Bonchev–Trinajstić information content (AvgIpc) is 3.50. The number of piperidine rings is 1. The number of aromatic nitrogens is 4. The van der Waals surface area contributed by atoms with E-state index in [1.54, 1.807) is 7.11 Å². The summed E-state index contributed by atoms with van der Waals surface area (Å²) in [5.74, 6) is 2.63. The number of imidazole rings is 1. The molecule has 2 aromatic carbocycles. The number of hydrogen-bond donors (Lipinski definition) is 1.